The fourth-order valence-corrected chi connectivity index (χ4v) is 2.83. The van der Waals surface area contributed by atoms with E-state index in [1.807, 2.05) is 6.92 Å². The Bertz CT molecular complexity index is 456. The van der Waals surface area contributed by atoms with E-state index < -0.39 is 17.5 Å². The SMILES string of the molecule is CCSc1nnc(C(=O)OC2(C(N)=O)CC2)s1. The summed E-state index contributed by atoms with van der Waals surface area (Å²) >= 11 is 2.66. The van der Waals surface area contributed by atoms with Crippen LogP contribution in [0, 0.1) is 0 Å². The van der Waals surface area contributed by atoms with Gasteiger partial charge in [-0.05, 0) is 5.75 Å². The first-order valence-electron chi connectivity index (χ1n) is 5.07. The van der Waals surface area contributed by atoms with Gasteiger partial charge in [-0.25, -0.2) is 4.79 Å². The van der Waals surface area contributed by atoms with Crippen molar-refractivity contribution in [3.05, 3.63) is 5.01 Å². The minimum Gasteiger partial charge on any atom is -0.444 e. The molecule has 1 amide bonds. The first-order chi connectivity index (χ1) is 8.07. The van der Waals surface area contributed by atoms with Gasteiger partial charge in [-0.3, -0.25) is 4.79 Å². The molecule has 0 bridgehead atoms. The van der Waals surface area contributed by atoms with Crippen molar-refractivity contribution in [1.29, 1.82) is 0 Å². The normalized spacial score (nSPS) is 16.5. The lowest BCUT2D eigenvalue weighted by Gasteiger charge is -2.10. The summed E-state index contributed by atoms with van der Waals surface area (Å²) in [4.78, 5) is 22.8. The van der Waals surface area contributed by atoms with Gasteiger partial charge in [-0.2, -0.15) is 0 Å². The molecule has 1 aliphatic carbocycles. The second kappa shape index (κ2) is 4.61. The molecule has 1 aromatic rings. The molecule has 17 heavy (non-hydrogen) atoms. The first-order valence-corrected chi connectivity index (χ1v) is 6.87. The third kappa shape index (κ3) is 2.58. The number of nitrogens with zero attached hydrogens (tertiary/aromatic N) is 2. The van der Waals surface area contributed by atoms with Crippen molar-refractivity contribution in [2.24, 2.45) is 5.73 Å². The number of hydrogen-bond donors (Lipinski definition) is 1. The number of aromatic nitrogens is 2. The van der Waals surface area contributed by atoms with Gasteiger partial charge in [0.15, 0.2) is 9.94 Å². The highest BCUT2D eigenvalue weighted by atomic mass is 32.2. The Hall–Kier alpha value is -1.15. The molecule has 0 aliphatic heterocycles. The predicted molar refractivity (Wildman–Crippen MR) is 62.9 cm³/mol. The van der Waals surface area contributed by atoms with E-state index in [-0.39, 0.29) is 5.01 Å². The molecule has 2 rings (SSSR count). The molecule has 1 saturated carbocycles. The fourth-order valence-electron chi connectivity index (χ4n) is 1.21. The van der Waals surface area contributed by atoms with Gasteiger partial charge in [-0.1, -0.05) is 30.0 Å². The Balaban J connectivity index is 2.02. The Morgan fingerprint density at radius 2 is 2.24 bits per heavy atom. The van der Waals surface area contributed by atoms with E-state index in [1.54, 1.807) is 0 Å². The van der Waals surface area contributed by atoms with E-state index >= 15 is 0 Å². The molecule has 6 nitrogen and oxygen atoms in total. The molecule has 0 atom stereocenters. The minimum atomic E-state index is -1.10. The van der Waals surface area contributed by atoms with Crippen molar-refractivity contribution in [2.75, 3.05) is 5.75 Å². The van der Waals surface area contributed by atoms with Gasteiger partial charge in [0.05, 0.1) is 0 Å². The number of esters is 1. The summed E-state index contributed by atoms with van der Waals surface area (Å²) in [5.41, 5.74) is 4.06. The van der Waals surface area contributed by atoms with Crippen molar-refractivity contribution in [2.45, 2.75) is 29.7 Å². The lowest BCUT2D eigenvalue weighted by atomic mass is 10.3. The molecule has 1 fully saturated rings. The highest BCUT2D eigenvalue weighted by Crippen LogP contribution is 2.40. The maximum absolute atomic E-state index is 11.7. The Labute approximate surface area is 106 Å². The summed E-state index contributed by atoms with van der Waals surface area (Å²) < 4.78 is 5.78. The second-order valence-electron chi connectivity index (χ2n) is 3.55. The van der Waals surface area contributed by atoms with Crippen molar-refractivity contribution in [3.8, 4) is 0 Å². The van der Waals surface area contributed by atoms with Gasteiger partial charge >= 0.3 is 5.97 Å². The zero-order valence-corrected chi connectivity index (χ0v) is 10.8. The lowest BCUT2D eigenvalue weighted by Crippen LogP contribution is -2.35. The molecule has 8 heteroatoms. The smallest absolute Gasteiger partial charge is 0.370 e. The van der Waals surface area contributed by atoms with Crippen LogP contribution in [0.1, 0.15) is 29.6 Å². The number of carbonyl (C=O) groups is 2. The summed E-state index contributed by atoms with van der Waals surface area (Å²) in [5, 5.41) is 7.72. The van der Waals surface area contributed by atoms with Gasteiger partial charge in [0.2, 0.25) is 5.01 Å². The molecule has 92 valence electrons. The maximum Gasteiger partial charge on any atom is 0.370 e. The van der Waals surface area contributed by atoms with E-state index in [1.165, 1.54) is 11.8 Å². The maximum atomic E-state index is 11.7. The van der Waals surface area contributed by atoms with Crippen LogP contribution in [0.2, 0.25) is 0 Å². The number of amides is 1. The van der Waals surface area contributed by atoms with Gasteiger partial charge in [0.25, 0.3) is 5.91 Å². The topological polar surface area (TPSA) is 95.2 Å². The molecule has 1 aromatic heterocycles. The summed E-state index contributed by atoms with van der Waals surface area (Å²) in [6.07, 6.45) is 0.979. The lowest BCUT2D eigenvalue weighted by molar-refractivity contribution is -0.128. The van der Waals surface area contributed by atoms with Gasteiger partial charge in [0, 0.05) is 12.8 Å². The third-order valence-corrected chi connectivity index (χ3v) is 4.21. The Morgan fingerprint density at radius 3 is 2.76 bits per heavy atom. The molecule has 0 saturated heterocycles. The summed E-state index contributed by atoms with van der Waals surface area (Å²) in [6.45, 7) is 1.98. The van der Waals surface area contributed by atoms with E-state index in [0.29, 0.717) is 17.2 Å². The van der Waals surface area contributed by atoms with Crippen LogP contribution in [0.15, 0.2) is 4.34 Å². The predicted octanol–water partition coefficient (Wildman–Crippen LogP) is 0.825. The van der Waals surface area contributed by atoms with Gasteiger partial charge < -0.3 is 10.5 Å². The van der Waals surface area contributed by atoms with Crippen LogP contribution in [-0.4, -0.2) is 33.4 Å². The quantitative estimate of drug-likeness (QED) is 0.630. The number of carbonyl (C=O) groups excluding carboxylic acids is 2. The van der Waals surface area contributed by atoms with Crippen LogP contribution in [0.25, 0.3) is 0 Å². The average Bonchev–Trinajstić information content (AvgIpc) is 2.90. The zero-order chi connectivity index (χ0) is 12.5. The molecule has 0 spiro atoms. The molecule has 0 radical (unpaired) electrons. The monoisotopic (exact) mass is 273 g/mol. The van der Waals surface area contributed by atoms with Crippen LogP contribution >= 0.6 is 23.1 Å². The van der Waals surface area contributed by atoms with Crippen LogP contribution in [0.4, 0.5) is 0 Å². The molecule has 2 N–H and O–H groups in total. The molecule has 1 heterocycles. The number of rotatable bonds is 5. The standard InChI is InChI=1S/C9H11N3O3S2/c1-2-16-8-12-11-5(17-8)6(13)15-9(3-4-9)7(10)14/h2-4H2,1H3,(H2,10,14). The Morgan fingerprint density at radius 1 is 1.53 bits per heavy atom. The molecule has 0 aromatic carbocycles. The summed E-state index contributed by atoms with van der Waals surface area (Å²) in [6, 6.07) is 0. The number of nitrogens with two attached hydrogens (primary N) is 1. The van der Waals surface area contributed by atoms with Crippen molar-refractivity contribution < 1.29 is 14.3 Å². The zero-order valence-electron chi connectivity index (χ0n) is 9.13. The van der Waals surface area contributed by atoms with E-state index in [0.717, 1.165) is 17.1 Å². The number of thioether (sulfide) groups is 1. The van der Waals surface area contributed by atoms with E-state index in [4.69, 9.17) is 10.5 Å². The van der Waals surface area contributed by atoms with Gasteiger partial charge in [-0.15, -0.1) is 10.2 Å². The van der Waals surface area contributed by atoms with Gasteiger partial charge in [0.1, 0.15) is 0 Å². The Kier molecular flexibility index (Phi) is 3.34. The number of primary amides is 1. The number of ether oxygens (including phenoxy) is 1. The van der Waals surface area contributed by atoms with E-state index in [9.17, 15) is 9.59 Å². The van der Waals surface area contributed by atoms with Crippen LogP contribution in [0.3, 0.4) is 0 Å². The first kappa shape index (κ1) is 12.3. The van der Waals surface area contributed by atoms with Crippen molar-refractivity contribution in [3.63, 3.8) is 0 Å². The van der Waals surface area contributed by atoms with Crippen LogP contribution in [-0.2, 0) is 9.53 Å². The molecular weight excluding hydrogens is 262 g/mol. The highest BCUT2D eigenvalue weighted by molar-refractivity contribution is 8.01. The third-order valence-electron chi connectivity index (χ3n) is 2.29. The van der Waals surface area contributed by atoms with Crippen LogP contribution in [0.5, 0.6) is 0 Å². The van der Waals surface area contributed by atoms with Crippen molar-refractivity contribution in [1.82, 2.24) is 10.2 Å². The molecular formula is C9H11N3O3S2. The fraction of sp³-hybridized carbons (Fsp3) is 0.556. The molecule has 0 unspecified atom stereocenters. The van der Waals surface area contributed by atoms with Crippen LogP contribution < -0.4 is 5.73 Å². The highest BCUT2D eigenvalue weighted by Gasteiger charge is 2.53. The molecule has 1 aliphatic rings. The minimum absolute atomic E-state index is 0.161. The number of hydrogen-bond acceptors (Lipinski definition) is 7. The average molecular weight is 273 g/mol. The summed E-state index contributed by atoms with van der Waals surface area (Å²) in [7, 11) is 0. The summed E-state index contributed by atoms with van der Waals surface area (Å²) in [5.74, 6) is -0.366. The van der Waals surface area contributed by atoms with Crippen molar-refractivity contribution >= 4 is 35.0 Å². The largest absolute Gasteiger partial charge is 0.444 e. The second-order valence-corrected chi connectivity index (χ2v) is 6.04. The van der Waals surface area contributed by atoms with E-state index in [2.05, 4.69) is 10.2 Å².